The number of phenols is 1. The van der Waals surface area contributed by atoms with Gasteiger partial charge in [0.2, 0.25) is 5.91 Å². The molecule has 4 nitrogen and oxygen atoms in total. The molecule has 3 aliphatic heterocycles. The largest absolute Gasteiger partial charge is 0.505 e. The van der Waals surface area contributed by atoms with Crippen LogP contribution in [-0.2, 0) is 4.79 Å². The Bertz CT molecular complexity index is 519. The molecule has 3 heterocycles. The van der Waals surface area contributed by atoms with Gasteiger partial charge in [0.1, 0.15) is 0 Å². The van der Waals surface area contributed by atoms with E-state index in [1.165, 1.54) is 12.1 Å². The van der Waals surface area contributed by atoms with Crippen LogP contribution < -0.4 is 5.32 Å². The Morgan fingerprint density at radius 2 is 1.85 bits per heavy atom. The van der Waals surface area contributed by atoms with Crippen molar-refractivity contribution in [3.05, 3.63) is 22.2 Å². The number of amides is 1. The Hall–Kier alpha value is -0.970. The number of fused-ring (bicyclic) bond motifs is 3. The van der Waals surface area contributed by atoms with E-state index in [0.717, 1.165) is 32.5 Å². The third kappa shape index (κ3) is 2.60. The molecule has 1 atom stereocenters. The van der Waals surface area contributed by atoms with E-state index in [1.807, 2.05) is 0 Å². The first-order valence-electron chi connectivity index (χ1n) is 6.76. The lowest BCUT2D eigenvalue weighted by Crippen LogP contribution is -2.51. The maximum atomic E-state index is 12.4. The number of halogens is 2. The molecule has 2 bridgehead atoms. The predicted octanol–water partition coefficient (Wildman–Crippen LogP) is 2.98. The van der Waals surface area contributed by atoms with Crippen LogP contribution in [0.15, 0.2) is 12.1 Å². The smallest absolute Gasteiger partial charge is 0.229 e. The lowest BCUT2D eigenvalue weighted by Gasteiger charge is -2.43. The molecule has 0 unspecified atom stereocenters. The first kappa shape index (κ1) is 14.0. The van der Waals surface area contributed by atoms with Gasteiger partial charge in [-0.1, -0.05) is 23.2 Å². The standard InChI is InChI=1S/C14H16Cl2N2O2/c15-11-5-9(6-12(16)13(11)19)17-14(20)10-7-18-3-1-8(10)2-4-18/h5-6,8,10,19H,1-4,7H2,(H,17,20)/t10-/m1/s1. The van der Waals surface area contributed by atoms with Crippen molar-refractivity contribution in [1.29, 1.82) is 0 Å². The topological polar surface area (TPSA) is 52.6 Å². The van der Waals surface area contributed by atoms with Crippen LogP contribution in [0.25, 0.3) is 0 Å². The van der Waals surface area contributed by atoms with Gasteiger partial charge in [-0.3, -0.25) is 4.79 Å². The molecule has 1 aromatic rings. The van der Waals surface area contributed by atoms with E-state index >= 15 is 0 Å². The summed E-state index contributed by atoms with van der Waals surface area (Å²) in [5.74, 6) is 0.360. The van der Waals surface area contributed by atoms with Crippen molar-refractivity contribution in [2.24, 2.45) is 11.8 Å². The average molecular weight is 315 g/mol. The molecule has 6 heteroatoms. The number of carbonyl (C=O) groups excluding carboxylic acids is 1. The molecule has 2 N–H and O–H groups in total. The quantitative estimate of drug-likeness (QED) is 0.825. The molecule has 0 radical (unpaired) electrons. The maximum Gasteiger partial charge on any atom is 0.229 e. The van der Waals surface area contributed by atoms with Crippen LogP contribution in [0.4, 0.5) is 5.69 Å². The van der Waals surface area contributed by atoms with Crippen molar-refractivity contribution in [1.82, 2.24) is 4.90 Å². The van der Waals surface area contributed by atoms with E-state index < -0.39 is 0 Å². The van der Waals surface area contributed by atoms with E-state index in [2.05, 4.69) is 10.2 Å². The number of aromatic hydroxyl groups is 1. The Balaban J connectivity index is 1.73. The summed E-state index contributed by atoms with van der Waals surface area (Å²) in [5, 5.41) is 12.7. The van der Waals surface area contributed by atoms with Gasteiger partial charge in [0.25, 0.3) is 0 Å². The van der Waals surface area contributed by atoms with Gasteiger partial charge in [0, 0.05) is 12.2 Å². The Kier molecular flexibility index (Phi) is 3.80. The number of hydrogen-bond donors (Lipinski definition) is 2. The molecule has 1 aromatic carbocycles. The molecule has 0 saturated carbocycles. The lowest BCUT2D eigenvalue weighted by atomic mass is 9.78. The number of nitrogens with zero attached hydrogens (tertiary/aromatic N) is 1. The second kappa shape index (κ2) is 5.43. The fourth-order valence-electron chi connectivity index (χ4n) is 3.13. The van der Waals surface area contributed by atoms with E-state index in [4.69, 9.17) is 23.2 Å². The SMILES string of the molecule is O=C(Nc1cc(Cl)c(O)c(Cl)c1)[C@@H]1CN2CCC1CC2. The molecular formula is C14H16Cl2N2O2. The average Bonchev–Trinajstić information content (AvgIpc) is 2.45. The minimum atomic E-state index is -0.158. The third-order valence-electron chi connectivity index (χ3n) is 4.28. The number of hydrogen-bond acceptors (Lipinski definition) is 3. The molecule has 0 spiro atoms. The zero-order valence-corrected chi connectivity index (χ0v) is 12.4. The van der Waals surface area contributed by atoms with Gasteiger partial charge in [0.15, 0.2) is 5.75 Å². The van der Waals surface area contributed by atoms with Crippen LogP contribution in [0.5, 0.6) is 5.75 Å². The fraction of sp³-hybridized carbons (Fsp3) is 0.500. The maximum absolute atomic E-state index is 12.4. The highest BCUT2D eigenvalue weighted by Crippen LogP contribution is 2.36. The van der Waals surface area contributed by atoms with E-state index in [9.17, 15) is 9.90 Å². The molecule has 108 valence electrons. The molecule has 4 rings (SSSR count). The van der Waals surface area contributed by atoms with Gasteiger partial charge >= 0.3 is 0 Å². The second-order valence-electron chi connectivity index (χ2n) is 5.52. The van der Waals surface area contributed by atoms with Crippen LogP contribution in [0.2, 0.25) is 10.0 Å². The van der Waals surface area contributed by atoms with Gasteiger partial charge < -0.3 is 15.3 Å². The van der Waals surface area contributed by atoms with Gasteiger partial charge in [-0.05, 0) is 44.0 Å². The highest BCUT2D eigenvalue weighted by Gasteiger charge is 2.38. The summed E-state index contributed by atoms with van der Waals surface area (Å²) in [6, 6.07) is 3.03. The predicted molar refractivity (Wildman–Crippen MR) is 79.4 cm³/mol. The van der Waals surface area contributed by atoms with Crippen molar-refractivity contribution in [2.75, 3.05) is 25.0 Å². The lowest BCUT2D eigenvalue weighted by molar-refractivity contribution is -0.125. The van der Waals surface area contributed by atoms with Gasteiger partial charge in [-0.15, -0.1) is 0 Å². The monoisotopic (exact) mass is 314 g/mol. The summed E-state index contributed by atoms with van der Waals surface area (Å²) in [6.45, 7) is 3.03. The van der Waals surface area contributed by atoms with Gasteiger partial charge in [-0.2, -0.15) is 0 Å². The van der Waals surface area contributed by atoms with Crippen LogP contribution >= 0.6 is 23.2 Å². The first-order chi connectivity index (χ1) is 9.54. The molecule has 3 saturated heterocycles. The van der Waals surface area contributed by atoms with Crippen LogP contribution in [0.1, 0.15) is 12.8 Å². The summed E-state index contributed by atoms with van der Waals surface area (Å²) in [5.41, 5.74) is 0.527. The molecule has 1 amide bonds. The summed E-state index contributed by atoms with van der Waals surface area (Å²) >= 11 is 11.7. The van der Waals surface area contributed by atoms with E-state index in [0.29, 0.717) is 11.6 Å². The molecule has 0 aromatic heterocycles. The number of anilines is 1. The number of nitrogens with one attached hydrogen (secondary N) is 1. The Morgan fingerprint density at radius 3 is 2.35 bits per heavy atom. The normalized spacial score (nSPS) is 28.4. The summed E-state index contributed by atoms with van der Waals surface area (Å²) in [7, 11) is 0. The van der Waals surface area contributed by atoms with E-state index in [1.54, 1.807) is 0 Å². The van der Waals surface area contributed by atoms with Crippen molar-refractivity contribution in [3.8, 4) is 5.75 Å². The number of rotatable bonds is 2. The van der Waals surface area contributed by atoms with Crippen molar-refractivity contribution in [3.63, 3.8) is 0 Å². The van der Waals surface area contributed by atoms with Crippen LogP contribution in [-0.4, -0.2) is 35.5 Å². The third-order valence-corrected chi connectivity index (χ3v) is 4.85. The number of piperidine rings is 3. The summed E-state index contributed by atoms with van der Waals surface area (Å²) < 4.78 is 0. The van der Waals surface area contributed by atoms with Crippen LogP contribution in [0.3, 0.4) is 0 Å². The van der Waals surface area contributed by atoms with Gasteiger partial charge in [0.05, 0.1) is 16.0 Å². The molecule has 20 heavy (non-hydrogen) atoms. The van der Waals surface area contributed by atoms with E-state index in [-0.39, 0.29) is 27.6 Å². The number of benzene rings is 1. The molecule has 0 aliphatic carbocycles. The minimum Gasteiger partial charge on any atom is -0.505 e. The zero-order chi connectivity index (χ0) is 14.3. The Morgan fingerprint density at radius 1 is 1.25 bits per heavy atom. The zero-order valence-electron chi connectivity index (χ0n) is 10.9. The highest BCUT2D eigenvalue weighted by molar-refractivity contribution is 6.37. The van der Waals surface area contributed by atoms with Crippen molar-refractivity contribution >= 4 is 34.8 Å². The summed E-state index contributed by atoms with van der Waals surface area (Å²) in [6.07, 6.45) is 2.18. The molecule has 3 aliphatic rings. The Labute approximate surface area is 127 Å². The van der Waals surface area contributed by atoms with Gasteiger partial charge in [-0.25, -0.2) is 0 Å². The minimum absolute atomic E-state index is 0.0113. The molecule has 3 fully saturated rings. The number of phenolic OH excluding ortho intramolecular Hbond substituents is 1. The fourth-order valence-corrected chi connectivity index (χ4v) is 3.62. The van der Waals surface area contributed by atoms with Crippen LogP contribution in [0, 0.1) is 11.8 Å². The second-order valence-corrected chi connectivity index (χ2v) is 6.34. The summed E-state index contributed by atoms with van der Waals surface area (Å²) in [4.78, 5) is 14.7. The van der Waals surface area contributed by atoms with Crippen molar-refractivity contribution in [2.45, 2.75) is 12.8 Å². The van der Waals surface area contributed by atoms with Crippen molar-refractivity contribution < 1.29 is 9.90 Å². The highest BCUT2D eigenvalue weighted by atomic mass is 35.5. The first-order valence-corrected chi connectivity index (χ1v) is 7.51. The number of carbonyl (C=O) groups is 1. The molecular weight excluding hydrogens is 299 g/mol.